The van der Waals surface area contributed by atoms with E-state index in [9.17, 15) is 0 Å². The van der Waals surface area contributed by atoms with Crippen molar-refractivity contribution < 1.29 is 0 Å². The van der Waals surface area contributed by atoms with Gasteiger partial charge in [0.2, 0.25) is 0 Å². The van der Waals surface area contributed by atoms with Gasteiger partial charge in [0.25, 0.3) is 0 Å². The van der Waals surface area contributed by atoms with Gasteiger partial charge < -0.3 is 4.57 Å². The van der Waals surface area contributed by atoms with Gasteiger partial charge in [-0.15, -0.1) is 11.8 Å². The molecule has 2 heterocycles. The minimum absolute atomic E-state index is 0.225. The van der Waals surface area contributed by atoms with Gasteiger partial charge >= 0.3 is 0 Å². The van der Waals surface area contributed by atoms with E-state index in [1.807, 2.05) is 11.8 Å². The highest BCUT2D eigenvalue weighted by atomic mass is 32.2. The third kappa shape index (κ3) is 4.45. The molecular formula is C30H30N2S. The minimum Gasteiger partial charge on any atom is -0.324 e. The van der Waals surface area contributed by atoms with E-state index in [1.54, 1.807) is 0 Å². The second-order valence-electron chi connectivity index (χ2n) is 9.45. The molecule has 0 bridgehead atoms. The molecule has 0 fully saturated rings. The largest absolute Gasteiger partial charge is 0.324 e. The molecule has 3 aromatic carbocycles. The van der Waals surface area contributed by atoms with Crippen molar-refractivity contribution in [1.82, 2.24) is 9.55 Å². The highest BCUT2D eigenvalue weighted by Gasteiger charge is 2.27. The van der Waals surface area contributed by atoms with Crippen molar-refractivity contribution in [2.45, 2.75) is 56.9 Å². The zero-order valence-corrected chi connectivity index (χ0v) is 20.5. The Hall–Kier alpha value is -2.96. The molecule has 4 aromatic rings. The van der Waals surface area contributed by atoms with Gasteiger partial charge in [0.05, 0.1) is 11.0 Å². The molecule has 0 unspecified atom stereocenters. The van der Waals surface area contributed by atoms with Gasteiger partial charge in [0, 0.05) is 28.1 Å². The maximum absolute atomic E-state index is 4.94. The number of unbranched alkanes of at least 4 members (excludes halogenated alkanes) is 1. The van der Waals surface area contributed by atoms with Gasteiger partial charge in [-0.3, -0.25) is 0 Å². The van der Waals surface area contributed by atoms with Crippen molar-refractivity contribution in [1.29, 1.82) is 0 Å². The van der Waals surface area contributed by atoms with Crippen molar-refractivity contribution in [2.75, 3.05) is 5.75 Å². The average molecular weight is 451 g/mol. The number of imidazole rings is 1. The molecule has 5 rings (SSSR count). The molecule has 1 aliphatic heterocycles. The Bertz CT molecular complexity index is 1350. The van der Waals surface area contributed by atoms with Gasteiger partial charge in [0.1, 0.15) is 5.82 Å². The van der Waals surface area contributed by atoms with E-state index in [0.29, 0.717) is 0 Å². The Kier molecular flexibility index (Phi) is 6.04. The van der Waals surface area contributed by atoms with E-state index in [1.165, 1.54) is 34.6 Å². The molecule has 1 aliphatic rings. The highest BCUT2D eigenvalue weighted by molar-refractivity contribution is 7.99. The number of thioether (sulfide) groups is 1. The molecule has 0 radical (unpaired) electrons. The van der Waals surface area contributed by atoms with E-state index in [-0.39, 0.29) is 5.41 Å². The summed E-state index contributed by atoms with van der Waals surface area (Å²) in [5.41, 5.74) is 7.19. The van der Waals surface area contributed by atoms with E-state index in [4.69, 9.17) is 4.98 Å². The van der Waals surface area contributed by atoms with E-state index >= 15 is 0 Å². The molecule has 0 saturated carbocycles. The SMILES string of the molecule is CCCCn1c(-c2ccc(C#Cc3ccc4c(c3)C(C)(C)CCS4)cc2)nc2ccccc21. The first-order chi connectivity index (χ1) is 16.0. The third-order valence-corrected chi connectivity index (χ3v) is 7.65. The first-order valence-electron chi connectivity index (χ1n) is 11.9. The molecule has 0 atom stereocenters. The van der Waals surface area contributed by atoms with Crippen LogP contribution in [0.15, 0.2) is 71.6 Å². The van der Waals surface area contributed by atoms with Crippen molar-refractivity contribution in [3.63, 3.8) is 0 Å². The van der Waals surface area contributed by atoms with Crippen molar-refractivity contribution in [3.8, 4) is 23.2 Å². The first-order valence-corrected chi connectivity index (χ1v) is 12.9. The van der Waals surface area contributed by atoms with E-state index in [0.717, 1.165) is 41.0 Å². The lowest BCUT2D eigenvalue weighted by Gasteiger charge is -2.32. The Balaban J connectivity index is 1.43. The number of nitrogens with zero attached hydrogens (tertiary/aromatic N) is 2. The molecule has 166 valence electrons. The fourth-order valence-electron chi connectivity index (χ4n) is 4.50. The second-order valence-corrected chi connectivity index (χ2v) is 10.6. The molecule has 0 amide bonds. The molecule has 2 nitrogen and oxygen atoms in total. The molecule has 1 aromatic heterocycles. The predicted molar refractivity (Wildman–Crippen MR) is 141 cm³/mol. The van der Waals surface area contributed by atoms with Crippen molar-refractivity contribution in [2.24, 2.45) is 0 Å². The van der Waals surface area contributed by atoms with Crippen LogP contribution in [0.1, 0.15) is 56.7 Å². The lowest BCUT2D eigenvalue weighted by Crippen LogP contribution is -2.22. The van der Waals surface area contributed by atoms with Crippen LogP contribution in [0, 0.1) is 11.8 Å². The summed E-state index contributed by atoms with van der Waals surface area (Å²) in [4.78, 5) is 6.35. The first kappa shape index (κ1) is 21.9. The van der Waals surface area contributed by atoms with Crippen LogP contribution in [-0.4, -0.2) is 15.3 Å². The standard InChI is InChI=1S/C30H30N2S/c1-4-5-19-32-27-9-7-6-8-26(27)31-29(32)24-15-12-22(13-16-24)10-11-23-14-17-28-25(21-23)30(2,3)18-20-33-28/h6-9,12-17,21H,4-5,18-20H2,1-3H3. The fraction of sp³-hybridized carbons (Fsp3) is 0.300. The van der Waals surface area contributed by atoms with Gasteiger partial charge in [-0.2, -0.15) is 0 Å². The highest BCUT2D eigenvalue weighted by Crippen LogP contribution is 2.41. The maximum atomic E-state index is 4.94. The Morgan fingerprint density at radius 1 is 0.970 bits per heavy atom. The molecule has 0 spiro atoms. The van der Waals surface area contributed by atoms with Crippen molar-refractivity contribution in [3.05, 3.63) is 83.4 Å². The quantitative estimate of drug-likeness (QED) is 0.297. The smallest absolute Gasteiger partial charge is 0.141 e. The van der Waals surface area contributed by atoms with Crippen LogP contribution in [0.2, 0.25) is 0 Å². The van der Waals surface area contributed by atoms with Crippen LogP contribution in [0.4, 0.5) is 0 Å². The zero-order chi connectivity index (χ0) is 22.8. The predicted octanol–water partition coefficient (Wildman–Crippen LogP) is 7.68. The number of fused-ring (bicyclic) bond motifs is 2. The summed E-state index contributed by atoms with van der Waals surface area (Å²) in [7, 11) is 0. The van der Waals surface area contributed by atoms with Crippen LogP contribution in [-0.2, 0) is 12.0 Å². The van der Waals surface area contributed by atoms with Crippen LogP contribution < -0.4 is 0 Å². The third-order valence-electron chi connectivity index (χ3n) is 6.58. The second kappa shape index (κ2) is 9.12. The number of hydrogen-bond acceptors (Lipinski definition) is 2. The number of aromatic nitrogens is 2. The molecule has 33 heavy (non-hydrogen) atoms. The number of aryl methyl sites for hydroxylation is 1. The van der Waals surface area contributed by atoms with Gasteiger partial charge in [0.15, 0.2) is 0 Å². The summed E-state index contributed by atoms with van der Waals surface area (Å²) < 4.78 is 2.35. The van der Waals surface area contributed by atoms with Gasteiger partial charge in [-0.05, 0) is 72.0 Å². The summed E-state index contributed by atoms with van der Waals surface area (Å²) in [6, 6.07) is 23.6. The lowest BCUT2D eigenvalue weighted by molar-refractivity contribution is 0.494. The van der Waals surface area contributed by atoms with E-state index < -0.39 is 0 Å². The fourth-order valence-corrected chi connectivity index (χ4v) is 5.99. The van der Waals surface area contributed by atoms with Crippen LogP contribution in [0.25, 0.3) is 22.4 Å². The normalized spacial score (nSPS) is 14.5. The summed E-state index contributed by atoms with van der Waals surface area (Å²) in [5.74, 6) is 8.99. The number of rotatable bonds is 4. The Labute approximate surface area is 201 Å². The number of hydrogen-bond donors (Lipinski definition) is 0. The monoisotopic (exact) mass is 450 g/mol. The van der Waals surface area contributed by atoms with Gasteiger partial charge in [-0.1, -0.05) is 63.3 Å². The number of benzene rings is 3. The van der Waals surface area contributed by atoms with Gasteiger partial charge in [-0.25, -0.2) is 4.98 Å². The Morgan fingerprint density at radius 2 is 1.73 bits per heavy atom. The average Bonchev–Trinajstić information content (AvgIpc) is 3.20. The summed E-state index contributed by atoms with van der Waals surface area (Å²) in [5, 5.41) is 0. The summed E-state index contributed by atoms with van der Waals surface area (Å²) in [6.45, 7) is 7.90. The molecule has 3 heteroatoms. The summed E-state index contributed by atoms with van der Waals surface area (Å²) in [6.07, 6.45) is 3.53. The number of para-hydroxylation sites is 2. The zero-order valence-electron chi connectivity index (χ0n) is 19.7. The maximum Gasteiger partial charge on any atom is 0.141 e. The molecule has 0 saturated heterocycles. The Morgan fingerprint density at radius 3 is 2.55 bits per heavy atom. The summed E-state index contributed by atoms with van der Waals surface area (Å²) >= 11 is 1.96. The minimum atomic E-state index is 0.225. The van der Waals surface area contributed by atoms with Crippen LogP contribution in [0.5, 0.6) is 0 Å². The van der Waals surface area contributed by atoms with Crippen LogP contribution in [0.3, 0.4) is 0 Å². The lowest BCUT2D eigenvalue weighted by atomic mass is 9.81. The van der Waals surface area contributed by atoms with Crippen molar-refractivity contribution >= 4 is 22.8 Å². The molecular weight excluding hydrogens is 420 g/mol. The van der Waals surface area contributed by atoms with Crippen LogP contribution >= 0.6 is 11.8 Å². The van der Waals surface area contributed by atoms with E-state index in [2.05, 4.69) is 104 Å². The molecule has 0 aliphatic carbocycles. The molecule has 0 N–H and O–H groups in total. The topological polar surface area (TPSA) is 17.8 Å².